The van der Waals surface area contributed by atoms with Gasteiger partial charge in [0.2, 0.25) is 0 Å². The first-order valence-corrected chi connectivity index (χ1v) is 11.9. The van der Waals surface area contributed by atoms with Crippen LogP contribution in [0.15, 0.2) is 36.5 Å². The fourth-order valence-electron chi connectivity index (χ4n) is 5.00. The summed E-state index contributed by atoms with van der Waals surface area (Å²) in [5, 5.41) is 7.48. The van der Waals surface area contributed by atoms with Crippen molar-refractivity contribution in [3.8, 4) is 0 Å². The molecule has 8 heteroatoms. The maximum absolute atomic E-state index is 13.9. The number of hydrogen-bond acceptors (Lipinski definition) is 5. The van der Waals surface area contributed by atoms with Crippen molar-refractivity contribution in [3.05, 3.63) is 70.4 Å². The molecule has 2 aromatic heterocycles. The van der Waals surface area contributed by atoms with E-state index in [0.29, 0.717) is 11.6 Å². The molecule has 0 bridgehead atoms. The fraction of sp³-hybridized carbons (Fsp3) is 0.423. The molecule has 4 heterocycles. The van der Waals surface area contributed by atoms with Crippen molar-refractivity contribution in [1.29, 1.82) is 0 Å². The lowest BCUT2D eigenvalue weighted by Crippen LogP contribution is -2.44. The number of benzene rings is 1. The van der Waals surface area contributed by atoms with Crippen LogP contribution in [0.1, 0.15) is 52.8 Å². The van der Waals surface area contributed by atoms with Crippen LogP contribution in [0.2, 0.25) is 0 Å². The Morgan fingerprint density at radius 2 is 1.91 bits per heavy atom. The molecule has 1 aromatic carbocycles. The summed E-state index contributed by atoms with van der Waals surface area (Å²) in [4.78, 5) is 24.7. The standard InChI is InChI=1S/C26H31FN6O/c1-16(2)13-21-23-24(30-29-21)26(34)33(25(23)20-7-5-18(27)14-17(20)3)19-6-8-22(28-15-19)32-11-9-31(4)10-12-32/h5-8,14-16,25H,9-13H2,1-4H3,(H,29,30). The fourth-order valence-corrected chi connectivity index (χ4v) is 5.00. The number of pyridine rings is 1. The molecule has 1 unspecified atom stereocenters. The van der Waals surface area contributed by atoms with Crippen LogP contribution in [-0.2, 0) is 6.42 Å². The van der Waals surface area contributed by atoms with E-state index in [1.807, 2.05) is 19.1 Å². The third-order valence-electron chi connectivity index (χ3n) is 6.81. The minimum atomic E-state index is -0.383. The van der Waals surface area contributed by atoms with Gasteiger partial charge < -0.3 is 9.80 Å². The van der Waals surface area contributed by atoms with Crippen molar-refractivity contribution in [1.82, 2.24) is 20.1 Å². The average Bonchev–Trinajstić information content (AvgIpc) is 3.33. The quantitative estimate of drug-likeness (QED) is 0.622. The molecule has 7 nitrogen and oxygen atoms in total. The summed E-state index contributed by atoms with van der Waals surface area (Å²) >= 11 is 0. The SMILES string of the molecule is Cc1cc(F)ccc1C1c2c(CC(C)C)n[nH]c2C(=O)N1c1ccc(N2CCN(C)CC2)nc1. The minimum Gasteiger partial charge on any atom is -0.354 e. The topological polar surface area (TPSA) is 68.4 Å². The lowest BCUT2D eigenvalue weighted by atomic mass is 9.92. The zero-order chi connectivity index (χ0) is 24.0. The van der Waals surface area contributed by atoms with E-state index < -0.39 is 0 Å². The van der Waals surface area contributed by atoms with Gasteiger partial charge in [0.1, 0.15) is 17.3 Å². The van der Waals surface area contributed by atoms with Crippen LogP contribution in [0.3, 0.4) is 0 Å². The average molecular weight is 463 g/mol. The summed E-state index contributed by atoms with van der Waals surface area (Å²) in [7, 11) is 2.13. The summed E-state index contributed by atoms with van der Waals surface area (Å²) in [5.41, 5.74) is 4.69. The molecule has 5 rings (SSSR count). The largest absolute Gasteiger partial charge is 0.354 e. The van der Waals surface area contributed by atoms with Crippen LogP contribution < -0.4 is 9.80 Å². The number of aromatic amines is 1. The van der Waals surface area contributed by atoms with Crippen molar-refractivity contribution in [2.24, 2.45) is 5.92 Å². The zero-order valence-corrected chi connectivity index (χ0v) is 20.2. The van der Waals surface area contributed by atoms with E-state index in [2.05, 4.69) is 40.9 Å². The van der Waals surface area contributed by atoms with Gasteiger partial charge in [0.05, 0.1) is 23.6 Å². The van der Waals surface area contributed by atoms with E-state index >= 15 is 0 Å². The van der Waals surface area contributed by atoms with Gasteiger partial charge in [-0.2, -0.15) is 5.10 Å². The highest BCUT2D eigenvalue weighted by atomic mass is 19.1. The van der Waals surface area contributed by atoms with Gasteiger partial charge in [-0.1, -0.05) is 19.9 Å². The van der Waals surface area contributed by atoms with Gasteiger partial charge in [0.25, 0.3) is 5.91 Å². The number of halogens is 1. The number of nitrogens with zero attached hydrogens (tertiary/aromatic N) is 5. The summed E-state index contributed by atoms with van der Waals surface area (Å²) in [5.74, 6) is 0.875. The number of aromatic nitrogens is 3. The molecule has 1 N–H and O–H groups in total. The molecule has 0 radical (unpaired) electrons. The number of rotatable bonds is 5. The van der Waals surface area contributed by atoms with Gasteiger partial charge in [-0.25, -0.2) is 9.37 Å². The number of likely N-dealkylation sites (N-methyl/N-ethyl adjacent to an activating group) is 1. The van der Waals surface area contributed by atoms with E-state index in [-0.39, 0.29) is 17.8 Å². The molecule has 0 saturated carbocycles. The Morgan fingerprint density at radius 3 is 2.56 bits per heavy atom. The third kappa shape index (κ3) is 3.96. The van der Waals surface area contributed by atoms with E-state index in [1.54, 1.807) is 17.2 Å². The summed E-state index contributed by atoms with van der Waals surface area (Å²) in [6.07, 6.45) is 2.53. The number of anilines is 2. The smallest absolute Gasteiger partial charge is 0.277 e. The third-order valence-corrected chi connectivity index (χ3v) is 6.81. The molecule has 1 fully saturated rings. The molecule has 2 aliphatic heterocycles. The van der Waals surface area contributed by atoms with Gasteiger partial charge in [-0.15, -0.1) is 0 Å². The minimum absolute atomic E-state index is 0.139. The Bertz CT molecular complexity index is 1200. The summed E-state index contributed by atoms with van der Waals surface area (Å²) in [6, 6.07) is 8.33. The van der Waals surface area contributed by atoms with Gasteiger partial charge in [0, 0.05) is 31.7 Å². The van der Waals surface area contributed by atoms with Crippen LogP contribution in [0.5, 0.6) is 0 Å². The van der Waals surface area contributed by atoms with E-state index in [4.69, 9.17) is 4.98 Å². The van der Waals surface area contributed by atoms with Crippen LogP contribution >= 0.6 is 0 Å². The Labute approximate surface area is 199 Å². The molecule has 178 valence electrons. The summed E-state index contributed by atoms with van der Waals surface area (Å²) < 4.78 is 13.9. The van der Waals surface area contributed by atoms with Crippen molar-refractivity contribution >= 4 is 17.4 Å². The maximum Gasteiger partial charge on any atom is 0.277 e. The van der Waals surface area contributed by atoms with Crippen molar-refractivity contribution < 1.29 is 9.18 Å². The molecule has 1 amide bonds. The van der Waals surface area contributed by atoms with Crippen LogP contribution in [0, 0.1) is 18.7 Å². The molecular formula is C26H31FN6O. The van der Waals surface area contributed by atoms with E-state index in [9.17, 15) is 9.18 Å². The first kappa shape index (κ1) is 22.5. The molecule has 1 saturated heterocycles. The number of fused-ring (bicyclic) bond motifs is 1. The number of carbonyl (C=O) groups excluding carboxylic acids is 1. The Balaban J connectivity index is 1.55. The number of aryl methyl sites for hydroxylation is 1. The van der Waals surface area contributed by atoms with Gasteiger partial charge in [-0.05, 0) is 61.7 Å². The number of piperazine rings is 1. The Kier molecular flexibility index (Phi) is 5.85. The highest BCUT2D eigenvalue weighted by molar-refractivity contribution is 6.10. The highest BCUT2D eigenvalue weighted by Crippen LogP contribution is 2.44. The zero-order valence-electron chi connectivity index (χ0n) is 20.2. The Morgan fingerprint density at radius 1 is 1.15 bits per heavy atom. The molecular weight excluding hydrogens is 431 g/mol. The molecule has 34 heavy (non-hydrogen) atoms. The molecule has 3 aromatic rings. The molecule has 0 aliphatic carbocycles. The first-order valence-electron chi connectivity index (χ1n) is 11.9. The Hall–Kier alpha value is -3.26. The molecule has 2 aliphatic rings. The lowest BCUT2D eigenvalue weighted by Gasteiger charge is -2.33. The number of hydrogen-bond donors (Lipinski definition) is 1. The van der Waals surface area contributed by atoms with Crippen LogP contribution in [0.4, 0.5) is 15.9 Å². The normalized spacial score (nSPS) is 18.8. The van der Waals surface area contributed by atoms with E-state index in [0.717, 1.165) is 66.5 Å². The molecule has 0 spiro atoms. The monoisotopic (exact) mass is 462 g/mol. The number of H-pyrrole nitrogens is 1. The predicted octanol–water partition coefficient (Wildman–Crippen LogP) is 3.95. The van der Waals surface area contributed by atoms with Gasteiger partial charge in [-0.3, -0.25) is 14.8 Å². The van der Waals surface area contributed by atoms with Gasteiger partial charge >= 0.3 is 0 Å². The van der Waals surface area contributed by atoms with E-state index in [1.165, 1.54) is 12.1 Å². The van der Waals surface area contributed by atoms with Crippen LogP contribution in [0.25, 0.3) is 0 Å². The van der Waals surface area contributed by atoms with Gasteiger partial charge in [0.15, 0.2) is 0 Å². The molecule has 1 atom stereocenters. The second-order valence-electron chi connectivity index (χ2n) is 9.80. The summed E-state index contributed by atoms with van der Waals surface area (Å²) in [6.45, 7) is 10.0. The lowest BCUT2D eigenvalue weighted by molar-refractivity contribution is 0.0988. The first-order chi connectivity index (χ1) is 16.3. The predicted molar refractivity (Wildman–Crippen MR) is 131 cm³/mol. The van der Waals surface area contributed by atoms with Crippen molar-refractivity contribution in [3.63, 3.8) is 0 Å². The number of nitrogens with one attached hydrogen (secondary N) is 1. The second-order valence-corrected chi connectivity index (χ2v) is 9.80. The number of amides is 1. The number of carbonyl (C=O) groups is 1. The second kappa shape index (κ2) is 8.83. The highest BCUT2D eigenvalue weighted by Gasteiger charge is 2.43. The van der Waals surface area contributed by atoms with Crippen molar-refractivity contribution in [2.75, 3.05) is 43.0 Å². The van der Waals surface area contributed by atoms with Crippen molar-refractivity contribution in [2.45, 2.75) is 33.2 Å². The van der Waals surface area contributed by atoms with Crippen LogP contribution in [-0.4, -0.2) is 59.2 Å². The maximum atomic E-state index is 13.9.